The smallest absolute Gasteiger partial charge is 0.330 e. The molecule has 0 atom stereocenters. The topological polar surface area (TPSA) is 84.1 Å². The molecule has 1 aromatic heterocycles. The fraction of sp³-hybridized carbons (Fsp3) is 0.273. The summed E-state index contributed by atoms with van der Waals surface area (Å²) in [6.07, 6.45) is 1.59. The van der Waals surface area contributed by atoms with E-state index < -0.39 is 17.1 Å². The van der Waals surface area contributed by atoms with Crippen LogP contribution in [0.4, 0.5) is 15.9 Å². The molecule has 0 fully saturated rings. The van der Waals surface area contributed by atoms with E-state index in [0.717, 1.165) is 18.4 Å². The molecule has 3 rings (SSSR count). The fourth-order valence-electron chi connectivity index (χ4n) is 3.31. The first-order chi connectivity index (χ1) is 14.4. The van der Waals surface area contributed by atoms with Crippen LogP contribution in [0.2, 0.25) is 5.02 Å². The molecule has 0 radical (unpaired) electrons. The average molecular weight is 431 g/mol. The molecule has 0 spiro atoms. The van der Waals surface area contributed by atoms with Crippen LogP contribution >= 0.6 is 11.6 Å². The Bertz CT molecular complexity index is 1110. The van der Waals surface area contributed by atoms with Gasteiger partial charge in [-0.25, -0.2) is 9.18 Å². The van der Waals surface area contributed by atoms with Crippen molar-refractivity contribution in [3.05, 3.63) is 91.3 Å². The molecule has 6 nitrogen and oxygen atoms in total. The van der Waals surface area contributed by atoms with Gasteiger partial charge in [0.05, 0.1) is 0 Å². The summed E-state index contributed by atoms with van der Waals surface area (Å²) in [7, 11) is 0. The van der Waals surface area contributed by atoms with Crippen LogP contribution in [0, 0.1) is 5.82 Å². The van der Waals surface area contributed by atoms with Crippen molar-refractivity contribution in [2.45, 2.75) is 39.4 Å². The summed E-state index contributed by atoms with van der Waals surface area (Å²) in [5.41, 5.74) is 6.38. The second-order valence-corrected chi connectivity index (χ2v) is 7.45. The number of hydrogen-bond acceptors (Lipinski definition) is 4. The van der Waals surface area contributed by atoms with Gasteiger partial charge in [-0.2, -0.15) is 0 Å². The van der Waals surface area contributed by atoms with E-state index in [9.17, 15) is 14.0 Å². The quantitative estimate of drug-likeness (QED) is 0.567. The number of nitrogens with two attached hydrogens (primary N) is 1. The molecule has 0 unspecified atom stereocenters. The van der Waals surface area contributed by atoms with Gasteiger partial charge in [0.2, 0.25) is 0 Å². The Morgan fingerprint density at radius 1 is 1.10 bits per heavy atom. The molecule has 0 aliphatic heterocycles. The van der Waals surface area contributed by atoms with E-state index in [1.807, 2.05) is 37.3 Å². The van der Waals surface area contributed by atoms with Gasteiger partial charge in [0.25, 0.3) is 5.56 Å². The highest BCUT2D eigenvalue weighted by atomic mass is 35.5. The number of unbranched alkanes of at least 4 members (excludes halogenated alkanes) is 1. The zero-order valence-corrected chi connectivity index (χ0v) is 17.5. The molecule has 3 N–H and O–H groups in total. The number of nitrogen functional groups attached to an aromatic ring is 1. The Balaban J connectivity index is 2.12. The normalized spacial score (nSPS) is 10.9. The number of H-pyrrole nitrogens is 1. The summed E-state index contributed by atoms with van der Waals surface area (Å²) in [6.45, 7) is 2.67. The highest BCUT2D eigenvalue weighted by Crippen LogP contribution is 2.26. The molecule has 0 saturated heterocycles. The molecule has 158 valence electrons. The van der Waals surface area contributed by atoms with Crippen molar-refractivity contribution in [1.82, 2.24) is 9.55 Å². The molecule has 1 heterocycles. The maximum atomic E-state index is 14.5. The summed E-state index contributed by atoms with van der Waals surface area (Å²) in [6, 6.07) is 13.9. The molecular formula is C22H24ClFN4O2. The molecule has 30 heavy (non-hydrogen) atoms. The van der Waals surface area contributed by atoms with Crippen molar-refractivity contribution in [1.29, 1.82) is 0 Å². The van der Waals surface area contributed by atoms with Gasteiger partial charge in [-0.3, -0.25) is 14.3 Å². The van der Waals surface area contributed by atoms with E-state index >= 15 is 0 Å². The van der Waals surface area contributed by atoms with Gasteiger partial charge in [0, 0.05) is 30.2 Å². The summed E-state index contributed by atoms with van der Waals surface area (Å²) in [5, 5.41) is 0.252. The van der Waals surface area contributed by atoms with E-state index in [1.165, 1.54) is 16.7 Å². The first-order valence-corrected chi connectivity index (χ1v) is 10.1. The Hall–Kier alpha value is -3.06. The lowest BCUT2D eigenvalue weighted by atomic mass is 10.1. The van der Waals surface area contributed by atoms with Gasteiger partial charge in [-0.15, -0.1) is 0 Å². The number of nitrogens with zero attached hydrogens (tertiary/aromatic N) is 2. The summed E-state index contributed by atoms with van der Waals surface area (Å²) >= 11 is 6.23. The van der Waals surface area contributed by atoms with E-state index in [4.69, 9.17) is 17.3 Å². The first kappa shape index (κ1) is 21.6. The Morgan fingerprint density at radius 3 is 2.50 bits per heavy atom. The number of nitrogens with one attached hydrogen (secondary N) is 1. The lowest BCUT2D eigenvalue weighted by Crippen LogP contribution is -2.38. The van der Waals surface area contributed by atoms with Crippen LogP contribution in [-0.4, -0.2) is 9.55 Å². The maximum absolute atomic E-state index is 14.5. The minimum Gasteiger partial charge on any atom is -0.383 e. The Morgan fingerprint density at radius 2 is 1.83 bits per heavy atom. The van der Waals surface area contributed by atoms with E-state index in [0.29, 0.717) is 6.54 Å². The molecule has 0 aliphatic rings. The van der Waals surface area contributed by atoms with Crippen LogP contribution in [0.1, 0.15) is 30.9 Å². The Labute approximate surface area is 178 Å². The van der Waals surface area contributed by atoms with Gasteiger partial charge in [0.1, 0.15) is 17.3 Å². The third-order valence-corrected chi connectivity index (χ3v) is 5.25. The number of rotatable bonds is 8. The average Bonchev–Trinajstić information content (AvgIpc) is 2.71. The molecule has 0 aliphatic carbocycles. The summed E-state index contributed by atoms with van der Waals surface area (Å²) in [4.78, 5) is 29.0. The molecular weight excluding hydrogens is 407 g/mol. The maximum Gasteiger partial charge on any atom is 0.330 e. The minimum atomic E-state index is -0.617. The molecule has 0 saturated carbocycles. The second-order valence-electron chi connectivity index (χ2n) is 7.04. The predicted molar refractivity (Wildman–Crippen MR) is 118 cm³/mol. The van der Waals surface area contributed by atoms with Crippen LogP contribution < -0.4 is 21.9 Å². The lowest BCUT2D eigenvalue weighted by Gasteiger charge is -2.27. The molecule has 0 bridgehead atoms. The van der Waals surface area contributed by atoms with Gasteiger partial charge in [0.15, 0.2) is 0 Å². The number of hydrogen-bond donors (Lipinski definition) is 2. The van der Waals surface area contributed by atoms with E-state index in [-0.39, 0.29) is 35.2 Å². The van der Waals surface area contributed by atoms with Gasteiger partial charge >= 0.3 is 5.69 Å². The molecule has 8 heteroatoms. The van der Waals surface area contributed by atoms with Crippen molar-refractivity contribution in [2.24, 2.45) is 0 Å². The predicted octanol–water partition coefficient (Wildman–Crippen LogP) is 3.92. The number of anilines is 2. The van der Waals surface area contributed by atoms with Crippen LogP contribution in [0.25, 0.3) is 0 Å². The SMILES string of the molecule is CCCCn1c(N)c(N(Cc2ccccc2)Cc2c(F)cccc2Cl)c(=O)[nH]c1=O. The highest BCUT2D eigenvalue weighted by Gasteiger charge is 2.21. The fourth-order valence-corrected chi connectivity index (χ4v) is 3.54. The number of benzene rings is 2. The molecule has 0 amide bonds. The largest absolute Gasteiger partial charge is 0.383 e. The lowest BCUT2D eigenvalue weighted by molar-refractivity contribution is 0.594. The van der Waals surface area contributed by atoms with Crippen molar-refractivity contribution < 1.29 is 4.39 Å². The van der Waals surface area contributed by atoms with E-state index in [2.05, 4.69) is 4.98 Å². The van der Waals surface area contributed by atoms with Crippen LogP contribution in [-0.2, 0) is 19.6 Å². The standard InChI is InChI=1S/C22H24ClFN4O2/c1-2-3-12-28-20(25)19(21(29)26-22(28)30)27(13-15-8-5-4-6-9-15)14-16-17(23)10-7-11-18(16)24/h4-11H,2-3,12-14,25H2,1H3,(H,26,29,30). The van der Waals surface area contributed by atoms with Crippen molar-refractivity contribution in [3.8, 4) is 0 Å². The van der Waals surface area contributed by atoms with Crippen LogP contribution in [0.3, 0.4) is 0 Å². The number of halogens is 2. The first-order valence-electron chi connectivity index (χ1n) is 9.76. The van der Waals surface area contributed by atoms with Crippen molar-refractivity contribution >= 4 is 23.1 Å². The van der Waals surface area contributed by atoms with Gasteiger partial charge in [-0.05, 0) is 24.1 Å². The zero-order chi connectivity index (χ0) is 21.7. The third-order valence-electron chi connectivity index (χ3n) is 4.89. The summed E-state index contributed by atoms with van der Waals surface area (Å²) in [5.74, 6) is -0.421. The molecule has 3 aromatic rings. The van der Waals surface area contributed by atoms with Gasteiger partial charge < -0.3 is 10.6 Å². The minimum absolute atomic E-state index is 0.0136. The second kappa shape index (κ2) is 9.63. The Kier molecular flexibility index (Phi) is 6.95. The summed E-state index contributed by atoms with van der Waals surface area (Å²) < 4.78 is 15.8. The highest BCUT2D eigenvalue weighted by molar-refractivity contribution is 6.31. The van der Waals surface area contributed by atoms with Crippen molar-refractivity contribution in [3.63, 3.8) is 0 Å². The zero-order valence-electron chi connectivity index (χ0n) is 16.7. The van der Waals surface area contributed by atoms with Crippen LogP contribution in [0.15, 0.2) is 58.1 Å². The molecule has 2 aromatic carbocycles. The van der Waals surface area contributed by atoms with Crippen LogP contribution in [0.5, 0.6) is 0 Å². The number of aromatic nitrogens is 2. The van der Waals surface area contributed by atoms with E-state index in [1.54, 1.807) is 11.0 Å². The van der Waals surface area contributed by atoms with Gasteiger partial charge in [-0.1, -0.05) is 61.3 Å². The monoisotopic (exact) mass is 430 g/mol. The van der Waals surface area contributed by atoms with Crippen molar-refractivity contribution in [2.75, 3.05) is 10.6 Å². The number of aromatic amines is 1. The third kappa shape index (κ3) is 4.74.